The molecule has 0 fully saturated rings. The van der Waals surface area contributed by atoms with Crippen molar-refractivity contribution < 1.29 is 14.7 Å². The van der Waals surface area contributed by atoms with E-state index in [4.69, 9.17) is 16.7 Å². The molecule has 0 radical (unpaired) electrons. The van der Waals surface area contributed by atoms with E-state index < -0.39 is 17.9 Å². The maximum absolute atomic E-state index is 12.0. The summed E-state index contributed by atoms with van der Waals surface area (Å²) >= 11 is 5.83. The monoisotopic (exact) mass is 272 g/mol. The summed E-state index contributed by atoms with van der Waals surface area (Å²) in [6, 6.07) is 0.673. The Bertz CT molecular complexity index is 443. The predicted octanol–water partition coefficient (Wildman–Crippen LogP) is 2.14. The first kappa shape index (κ1) is 14.6. The van der Waals surface area contributed by atoms with E-state index in [1.54, 1.807) is 10.8 Å². The van der Waals surface area contributed by atoms with Crippen molar-refractivity contribution in [3.63, 3.8) is 0 Å². The van der Waals surface area contributed by atoms with Crippen LogP contribution in [0.4, 0.5) is 0 Å². The number of aryl methyl sites for hydroxylation is 1. The number of hydrogen-bond donors (Lipinski definition) is 2. The van der Waals surface area contributed by atoms with Crippen LogP contribution in [0, 0.1) is 0 Å². The molecule has 1 amide bonds. The second kappa shape index (κ2) is 6.44. The molecular formula is C12H17ClN2O3. The van der Waals surface area contributed by atoms with Gasteiger partial charge in [-0.15, -0.1) is 0 Å². The zero-order valence-electron chi connectivity index (χ0n) is 10.4. The van der Waals surface area contributed by atoms with Crippen LogP contribution in [0.15, 0.2) is 12.3 Å². The molecule has 0 bridgehead atoms. The number of nitrogens with zero attached hydrogens (tertiary/aromatic N) is 1. The highest BCUT2D eigenvalue weighted by molar-refractivity contribution is 6.31. The molecule has 0 aliphatic rings. The van der Waals surface area contributed by atoms with Crippen LogP contribution in [0.1, 0.15) is 37.2 Å². The molecular weight excluding hydrogens is 256 g/mol. The van der Waals surface area contributed by atoms with Crippen molar-refractivity contribution in [1.29, 1.82) is 0 Å². The Morgan fingerprint density at radius 3 is 2.67 bits per heavy atom. The Morgan fingerprint density at radius 1 is 1.50 bits per heavy atom. The molecule has 1 aromatic rings. The fourth-order valence-electron chi connectivity index (χ4n) is 1.71. The van der Waals surface area contributed by atoms with Gasteiger partial charge in [0.2, 0.25) is 0 Å². The van der Waals surface area contributed by atoms with Gasteiger partial charge in [0.25, 0.3) is 5.91 Å². The molecule has 100 valence electrons. The first-order chi connectivity index (χ1) is 8.49. The van der Waals surface area contributed by atoms with E-state index >= 15 is 0 Å². The Balaban J connectivity index is 2.83. The molecule has 0 saturated heterocycles. The summed E-state index contributed by atoms with van der Waals surface area (Å²) in [5, 5.41) is 12.0. The van der Waals surface area contributed by atoms with E-state index in [1.165, 1.54) is 6.07 Å². The van der Waals surface area contributed by atoms with Crippen molar-refractivity contribution in [1.82, 2.24) is 9.88 Å². The van der Waals surface area contributed by atoms with E-state index in [0.29, 0.717) is 30.1 Å². The lowest BCUT2D eigenvalue weighted by atomic mass is 10.1. The standard InChI is InChI=1S/C12H17ClN2O3/c1-3-5-9(12(17)18)14-11(16)10-6-8(13)7-15(10)4-2/h6-7,9H,3-5H2,1-2H3,(H,14,16)(H,17,18). The molecule has 1 atom stereocenters. The molecule has 0 spiro atoms. The van der Waals surface area contributed by atoms with Gasteiger partial charge in [0.05, 0.1) is 5.02 Å². The van der Waals surface area contributed by atoms with Gasteiger partial charge < -0.3 is 15.0 Å². The fraction of sp³-hybridized carbons (Fsp3) is 0.500. The number of aliphatic carboxylic acids is 1. The molecule has 0 aliphatic heterocycles. The van der Waals surface area contributed by atoms with Crippen LogP contribution in [0.3, 0.4) is 0 Å². The van der Waals surface area contributed by atoms with Crippen molar-refractivity contribution >= 4 is 23.5 Å². The lowest BCUT2D eigenvalue weighted by Crippen LogP contribution is -2.41. The lowest BCUT2D eigenvalue weighted by molar-refractivity contribution is -0.139. The molecule has 1 rings (SSSR count). The van der Waals surface area contributed by atoms with Gasteiger partial charge in [-0.25, -0.2) is 4.79 Å². The normalized spacial score (nSPS) is 12.2. The highest BCUT2D eigenvalue weighted by atomic mass is 35.5. The molecule has 0 aromatic carbocycles. The van der Waals surface area contributed by atoms with Gasteiger partial charge in [-0.2, -0.15) is 0 Å². The number of carboxylic acid groups (broad SMARTS) is 1. The summed E-state index contributed by atoms with van der Waals surface area (Å²) in [6.07, 6.45) is 2.74. The van der Waals surface area contributed by atoms with Crippen molar-refractivity contribution in [3.8, 4) is 0 Å². The third kappa shape index (κ3) is 3.50. The van der Waals surface area contributed by atoms with Gasteiger partial charge in [-0.1, -0.05) is 24.9 Å². The van der Waals surface area contributed by atoms with Crippen LogP contribution in [0.2, 0.25) is 5.02 Å². The largest absolute Gasteiger partial charge is 0.480 e. The fourth-order valence-corrected chi connectivity index (χ4v) is 1.93. The summed E-state index contributed by atoms with van der Waals surface area (Å²) in [5.41, 5.74) is 0.379. The van der Waals surface area contributed by atoms with Crippen LogP contribution < -0.4 is 5.32 Å². The van der Waals surface area contributed by atoms with Gasteiger partial charge in [0.15, 0.2) is 0 Å². The van der Waals surface area contributed by atoms with Crippen LogP contribution in [-0.4, -0.2) is 27.6 Å². The minimum atomic E-state index is -1.02. The van der Waals surface area contributed by atoms with Crippen molar-refractivity contribution in [2.24, 2.45) is 0 Å². The number of aromatic nitrogens is 1. The van der Waals surface area contributed by atoms with Gasteiger partial charge in [0, 0.05) is 12.7 Å². The average Bonchev–Trinajstić information content (AvgIpc) is 2.69. The number of nitrogens with one attached hydrogen (secondary N) is 1. The summed E-state index contributed by atoms with van der Waals surface area (Å²) in [7, 11) is 0. The summed E-state index contributed by atoms with van der Waals surface area (Å²) in [4.78, 5) is 22.9. The Morgan fingerprint density at radius 2 is 2.17 bits per heavy atom. The smallest absolute Gasteiger partial charge is 0.326 e. The number of hydrogen-bond acceptors (Lipinski definition) is 2. The summed E-state index contributed by atoms with van der Waals surface area (Å²) < 4.78 is 1.68. The number of carbonyl (C=O) groups is 2. The van der Waals surface area contributed by atoms with E-state index in [9.17, 15) is 9.59 Å². The van der Waals surface area contributed by atoms with Crippen molar-refractivity contribution in [2.45, 2.75) is 39.3 Å². The van der Waals surface area contributed by atoms with Gasteiger partial charge in [0.1, 0.15) is 11.7 Å². The number of rotatable bonds is 6. The number of halogens is 1. The first-order valence-corrected chi connectivity index (χ1v) is 6.26. The quantitative estimate of drug-likeness (QED) is 0.833. The predicted molar refractivity (Wildman–Crippen MR) is 68.9 cm³/mol. The Kier molecular flexibility index (Phi) is 5.22. The van der Waals surface area contributed by atoms with E-state index in [2.05, 4.69) is 5.32 Å². The van der Waals surface area contributed by atoms with E-state index in [0.717, 1.165) is 0 Å². The molecule has 0 aliphatic carbocycles. The van der Waals surface area contributed by atoms with Gasteiger partial charge >= 0.3 is 5.97 Å². The molecule has 1 heterocycles. The van der Waals surface area contributed by atoms with Crippen LogP contribution in [0.25, 0.3) is 0 Å². The van der Waals surface area contributed by atoms with Crippen LogP contribution in [-0.2, 0) is 11.3 Å². The maximum Gasteiger partial charge on any atom is 0.326 e. The van der Waals surface area contributed by atoms with Crippen LogP contribution in [0.5, 0.6) is 0 Å². The second-order valence-corrected chi connectivity index (χ2v) is 4.42. The summed E-state index contributed by atoms with van der Waals surface area (Å²) in [6.45, 7) is 4.35. The summed E-state index contributed by atoms with van der Waals surface area (Å²) in [5.74, 6) is -1.43. The topological polar surface area (TPSA) is 71.3 Å². The van der Waals surface area contributed by atoms with E-state index in [-0.39, 0.29) is 0 Å². The SMILES string of the molecule is CCCC(NC(=O)c1cc(Cl)cn1CC)C(=O)O. The minimum Gasteiger partial charge on any atom is -0.480 e. The number of amides is 1. The molecule has 18 heavy (non-hydrogen) atoms. The molecule has 5 nitrogen and oxygen atoms in total. The van der Waals surface area contributed by atoms with Crippen molar-refractivity contribution in [3.05, 3.63) is 23.0 Å². The Hall–Kier alpha value is -1.49. The first-order valence-electron chi connectivity index (χ1n) is 5.88. The highest BCUT2D eigenvalue weighted by Crippen LogP contribution is 2.14. The maximum atomic E-state index is 12.0. The third-order valence-electron chi connectivity index (χ3n) is 2.62. The van der Waals surface area contributed by atoms with Gasteiger partial charge in [-0.3, -0.25) is 4.79 Å². The highest BCUT2D eigenvalue weighted by Gasteiger charge is 2.21. The number of carboxylic acids is 1. The zero-order chi connectivity index (χ0) is 13.7. The molecule has 6 heteroatoms. The Labute approximate surface area is 111 Å². The lowest BCUT2D eigenvalue weighted by Gasteiger charge is -2.14. The molecule has 1 aromatic heterocycles. The van der Waals surface area contributed by atoms with Crippen molar-refractivity contribution in [2.75, 3.05) is 0 Å². The van der Waals surface area contributed by atoms with Gasteiger partial charge in [-0.05, 0) is 19.4 Å². The molecule has 2 N–H and O–H groups in total. The average molecular weight is 273 g/mol. The van der Waals surface area contributed by atoms with E-state index in [1.807, 2.05) is 13.8 Å². The number of carbonyl (C=O) groups excluding carboxylic acids is 1. The minimum absolute atomic E-state index is 0.379. The molecule has 0 saturated carbocycles. The zero-order valence-corrected chi connectivity index (χ0v) is 11.2. The third-order valence-corrected chi connectivity index (χ3v) is 2.82. The van der Waals surface area contributed by atoms with Crippen LogP contribution >= 0.6 is 11.6 Å². The molecule has 1 unspecified atom stereocenters. The second-order valence-electron chi connectivity index (χ2n) is 3.98.